The van der Waals surface area contributed by atoms with Crippen molar-refractivity contribution < 1.29 is 14.7 Å². The molecule has 10 heteroatoms. The average Bonchev–Trinajstić information content (AvgIpc) is 3.56. The first-order valence-corrected chi connectivity index (χ1v) is 10.4. The van der Waals surface area contributed by atoms with Gasteiger partial charge >= 0.3 is 6.03 Å². The molecule has 0 atom stereocenters. The van der Waals surface area contributed by atoms with E-state index in [9.17, 15) is 19.5 Å². The number of amides is 3. The van der Waals surface area contributed by atoms with Gasteiger partial charge in [-0.05, 0) is 31.1 Å². The minimum atomic E-state index is -0.596. The molecule has 3 heterocycles. The average molecular weight is 414 g/mol. The second-order valence-corrected chi connectivity index (χ2v) is 9.75. The number of aromatic nitrogens is 3. The fourth-order valence-electron chi connectivity index (χ4n) is 3.95. The van der Waals surface area contributed by atoms with E-state index in [2.05, 4.69) is 15.7 Å². The highest BCUT2D eigenvalue weighted by atomic mass is 16.3. The molecule has 30 heavy (non-hydrogen) atoms. The van der Waals surface area contributed by atoms with Crippen molar-refractivity contribution in [3.05, 3.63) is 21.5 Å². The van der Waals surface area contributed by atoms with Crippen molar-refractivity contribution in [2.24, 2.45) is 5.41 Å². The molecule has 2 aromatic heterocycles. The van der Waals surface area contributed by atoms with Gasteiger partial charge in [-0.25, -0.2) is 4.79 Å². The largest absolute Gasteiger partial charge is 0.492 e. The third-order valence-electron chi connectivity index (χ3n) is 5.67. The van der Waals surface area contributed by atoms with Crippen LogP contribution >= 0.6 is 0 Å². The molecule has 0 unspecified atom stereocenters. The fourth-order valence-corrected chi connectivity index (χ4v) is 3.95. The SMILES string of the molecule is CC(C)(C)Cn1c(=O)c(C(=O)NC2CC2)c(O)n2nc3c(c12)CN(C1CC1)C(=O)N3. The topological polar surface area (TPSA) is 121 Å². The molecule has 160 valence electrons. The molecule has 10 nitrogen and oxygen atoms in total. The molecule has 1 aliphatic heterocycles. The zero-order valence-corrected chi connectivity index (χ0v) is 17.4. The third kappa shape index (κ3) is 3.10. The van der Waals surface area contributed by atoms with Crippen molar-refractivity contribution >= 4 is 23.4 Å². The van der Waals surface area contributed by atoms with Gasteiger partial charge in [-0.3, -0.25) is 19.5 Å². The van der Waals surface area contributed by atoms with Crippen LogP contribution in [0.2, 0.25) is 0 Å². The van der Waals surface area contributed by atoms with Crippen LogP contribution in [0.15, 0.2) is 4.79 Å². The van der Waals surface area contributed by atoms with Crippen molar-refractivity contribution in [3.63, 3.8) is 0 Å². The number of urea groups is 1. The molecular weight excluding hydrogens is 388 g/mol. The smallest absolute Gasteiger partial charge is 0.323 e. The summed E-state index contributed by atoms with van der Waals surface area (Å²) in [6, 6.07) is -0.00216. The lowest BCUT2D eigenvalue weighted by Gasteiger charge is -2.27. The van der Waals surface area contributed by atoms with Gasteiger partial charge in [0.25, 0.3) is 11.5 Å². The number of hydrogen-bond acceptors (Lipinski definition) is 5. The fraction of sp³-hybridized carbons (Fsp3) is 0.600. The molecule has 2 saturated carbocycles. The molecule has 0 radical (unpaired) electrons. The molecule has 3 amide bonds. The number of carbonyl (C=O) groups is 2. The Morgan fingerprint density at radius 1 is 1.23 bits per heavy atom. The van der Waals surface area contributed by atoms with E-state index < -0.39 is 17.3 Å². The van der Waals surface area contributed by atoms with E-state index in [1.165, 1.54) is 9.08 Å². The lowest BCUT2D eigenvalue weighted by molar-refractivity contribution is 0.0944. The summed E-state index contributed by atoms with van der Waals surface area (Å²) in [6.45, 7) is 6.62. The Hall–Kier alpha value is -3.04. The minimum Gasteiger partial charge on any atom is -0.492 e. The van der Waals surface area contributed by atoms with E-state index in [1.807, 2.05) is 20.8 Å². The normalized spacial score (nSPS) is 19.0. The standard InChI is InChI=1S/C20H26N6O4/c1-20(2,3)9-25-16-12-8-24(11-6-7-11)19(30)22-14(12)23-26(16)18(29)13(17(25)28)15(27)21-10-4-5-10/h10-11,29H,4-9H2,1-3H3,(H,21,27)(H,22,23,30). The Labute approximate surface area is 172 Å². The van der Waals surface area contributed by atoms with E-state index in [1.54, 1.807) is 4.90 Å². The first kappa shape index (κ1) is 19.0. The molecule has 0 saturated heterocycles. The number of nitrogens with one attached hydrogen (secondary N) is 2. The van der Waals surface area contributed by atoms with Crippen molar-refractivity contribution in [1.82, 2.24) is 24.4 Å². The van der Waals surface area contributed by atoms with Gasteiger partial charge in [-0.1, -0.05) is 20.8 Å². The number of fused-ring (bicyclic) bond motifs is 3. The summed E-state index contributed by atoms with van der Waals surface area (Å²) in [6.07, 6.45) is 3.63. The summed E-state index contributed by atoms with van der Waals surface area (Å²) in [7, 11) is 0. The molecule has 5 rings (SSSR count). The first-order valence-electron chi connectivity index (χ1n) is 10.4. The molecule has 2 aliphatic carbocycles. The van der Waals surface area contributed by atoms with Crippen LogP contribution in [0.5, 0.6) is 5.88 Å². The molecule has 3 aliphatic rings. The van der Waals surface area contributed by atoms with Crippen molar-refractivity contribution in [2.45, 2.75) is 71.6 Å². The summed E-state index contributed by atoms with van der Waals surface area (Å²) in [5.74, 6) is -0.782. The quantitative estimate of drug-likeness (QED) is 0.702. The van der Waals surface area contributed by atoms with Crippen LogP contribution in [0.1, 0.15) is 62.4 Å². The lowest BCUT2D eigenvalue weighted by atomic mass is 9.96. The van der Waals surface area contributed by atoms with Crippen LogP contribution in [0, 0.1) is 5.41 Å². The molecule has 3 N–H and O–H groups in total. The zero-order chi connectivity index (χ0) is 21.4. The highest BCUT2D eigenvalue weighted by Crippen LogP contribution is 2.36. The van der Waals surface area contributed by atoms with Gasteiger partial charge in [0.15, 0.2) is 11.4 Å². The Morgan fingerprint density at radius 3 is 2.53 bits per heavy atom. The Kier molecular flexibility index (Phi) is 3.93. The maximum atomic E-state index is 13.4. The van der Waals surface area contributed by atoms with Gasteiger partial charge in [0.2, 0.25) is 5.88 Å². The van der Waals surface area contributed by atoms with E-state index in [0.29, 0.717) is 30.1 Å². The predicted octanol–water partition coefficient (Wildman–Crippen LogP) is 1.65. The van der Waals surface area contributed by atoms with Gasteiger partial charge in [0, 0.05) is 18.6 Å². The van der Waals surface area contributed by atoms with Crippen LogP contribution in [-0.2, 0) is 13.1 Å². The molecule has 0 bridgehead atoms. The minimum absolute atomic E-state index is 0.0419. The van der Waals surface area contributed by atoms with E-state index >= 15 is 0 Å². The van der Waals surface area contributed by atoms with E-state index in [4.69, 9.17) is 0 Å². The molecule has 0 aromatic carbocycles. The van der Waals surface area contributed by atoms with Crippen molar-refractivity contribution in [2.75, 3.05) is 5.32 Å². The number of rotatable bonds is 4. The number of hydrogen-bond donors (Lipinski definition) is 3. The number of carbonyl (C=O) groups excluding carboxylic acids is 2. The van der Waals surface area contributed by atoms with Crippen LogP contribution in [-0.4, -0.2) is 48.2 Å². The van der Waals surface area contributed by atoms with Gasteiger partial charge in [0.1, 0.15) is 5.65 Å². The van der Waals surface area contributed by atoms with Crippen LogP contribution in [0.25, 0.3) is 5.65 Å². The Morgan fingerprint density at radius 2 is 1.93 bits per heavy atom. The third-order valence-corrected chi connectivity index (χ3v) is 5.67. The van der Waals surface area contributed by atoms with Crippen molar-refractivity contribution in [1.29, 1.82) is 0 Å². The maximum absolute atomic E-state index is 13.4. The summed E-state index contributed by atoms with van der Waals surface area (Å²) < 4.78 is 2.73. The monoisotopic (exact) mass is 414 g/mol. The summed E-state index contributed by atoms with van der Waals surface area (Å²) in [4.78, 5) is 40.3. The Bertz CT molecular complexity index is 1130. The predicted molar refractivity (Wildman–Crippen MR) is 109 cm³/mol. The van der Waals surface area contributed by atoms with Gasteiger partial charge < -0.3 is 15.3 Å². The number of nitrogens with zero attached hydrogens (tertiary/aromatic N) is 4. The van der Waals surface area contributed by atoms with Crippen LogP contribution < -0.4 is 16.2 Å². The first-order chi connectivity index (χ1) is 14.1. The lowest BCUT2D eigenvalue weighted by Crippen LogP contribution is -2.40. The van der Waals surface area contributed by atoms with Gasteiger partial charge in [-0.2, -0.15) is 4.52 Å². The van der Waals surface area contributed by atoms with Gasteiger partial charge in [0.05, 0.1) is 12.1 Å². The summed E-state index contributed by atoms with van der Waals surface area (Å²) in [5.41, 5.74) is -0.0468. The number of anilines is 1. The maximum Gasteiger partial charge on any atom is 0.323 e. The molecular formula is C20H26N6O4. The zero-order valence-electron chi connectivity index (χ0n) is 17.4. The van der Waals surface area contributed by atoms with E-state index in [0.717, 1.165) is 25.7 Å². The summed E-state index contributed by atoms with van der Waals surface area (Å²) >= 11 is 0. The van der Waals surface area contributed by atoms with Gasteiger partial charge in [-0.15, -0.1) is 5.10 Å². The van der Waals surface area contributed by atoms with Crippen LogP contribution in [0.4, 0.5) is 10.6 Å². The van der Waals surface area contributed by atoms with Crippen LogP contribution in [0.3, 0.4) is 0 Å². The second kappa shape index (κ2) is 6.23. The highest BCUT2D eigenvalue weighted by Gasteiger charge is 2.39. The molecule has 2 aromatic rings. The highest BCUT2D eigenvalue weighted by molar-refractivity contribution is 5.97. The van der Waals surface area contributed by atoms with E-state index in [-0.39, 0.29) is 29.1 Å². The second-order valence-electron chi connectivity index (χ2n) is 9.75. The molecule has 0 spiro atoms. The summed E-state index contributed by atoms with van der Waals surface area (Å²) in [5, 5.41) is 20.8. The number of aromatic hydroxyl groups is 1. The Balaban J connectivity index is 1.72. The molecule has 2 fully saturated rings. The van der Waals surface area contributed by atoms with Crippen molar-refractivity contribution in [3.8, 4) is 5.88 Å².